The smallest absolute Gasteiger partial charge is 0.225 e. The minimum atomic E-state index is -0.201. The van der Waals surface area contributed by atoms with Crippen LogP contribution in [0.4, 0.5) is 4.39 Å². The van der Waals surface area contributed by atoms with Gasteiger partial charge in [0, 0.05) is 44.6 Å². The van der Waals surface area contributed by atoms with Gasteiger partial charge in [-0.2, -0.15) is 0 Å². The summed E-state index contributed by atoms with van der Waals surface area (Å²) in [7, 11) is 1.69. The molecule has 0 unspecified atom stereocenters. The Morgan fingerprint density at radius 3 is 2.53 bits per heavy atom. The van der Waals surface area contributed by atoms with Gasteiger partial charge in [-0.25, -0.2) is 4.39 Å². The molecule has 0 aromatic heterocycles. The third-order valence-corrected chi connectivity index (χ3v) is 6.18. The number of rotatable bonds is 9. The van der Waals surface area contributed by atoms with Gasteiger partial charge in [0.1, 0.15) is 11.6 Å². The lowest BCUT2D eigenvalue weighted by Gasteiger charge is -2.31. The molecule has 2 aromatic carbocycles. The SMILES string of the molecule is COc1cccc([C@H]2CN(Cc3cccc(F)c3)C[C@@H]2CN(CC(C)C)C(=O)C(C)C)c1. The Kier molecular flexibility index (Phi) is 8.30. The number of nitrogens with zero attached hydrogens (tertiary/aromatic N) is 2. The van der Waals surface area contributed by atoms with E-state index in [4.69, 9.17) is 4.74 Å². The van der Waals surface area contributed by atoms with Gasteiger partial charge in [-0.3, -0.25) is 9.69 Å². The maximum atomic E-state index is 13.7. The van der Waals surface area contributed by atoms with Crippen molar-refractivity contribution in [1.82, 2.24) is 9.80 Å². The number of hydrogen-bond acceptors (Lipinski definition) is 3. The molecule has 1 aliphatic heterocycles. The molecule has 0 N–H and O–H groups in total. The monoisotopic (exact) mass is 440 g/mol. The van der Waals surface area contributed by atoms with Crippen LogP contribution in [-0.2, 0) is 11.3 Å². The first-order chi connectivity index (χ1) is 15.3. The van der Waals surface area contributed by atoms with E-state index in [1.807, 2.05) is 32.0 Å². The molecule has 1 saturated heterocycles. The molecule has 2 aromatic rings. The number of likely N-dealkylation sites (tertiary alicyclic amines) is 1. The van der Waals surface area contributed by atoms with Gasteiger partial charge in [0.05, 0.1) is 7.11 Å². The van der Waals surface area contributed by atoms with Gasteiger partial charge in [0.15, 0.2) is 0 Å². The quantitative estimate of drug-likeness (QED) is 0.538. The molecule has 0 bridgehead atoms. The van der Waals surface area contributed by atoms with Crippen LogP contribution in [0.1, 0.15) is 44.7 Å². The number of carbonyl (C=O) groups excluding carboxylic acids is 1. The number of benzene rings is 2. The van der Waals surface area contributed by atoms with Gasteiger partial charge >= 0.3 is 0 Å². The highest BCUT2D eigenvalue weighted by Gasteiger charge is 2.36. The standard InChI is InChI=1S/C27H37FN2O2/c1-19(2)14-30(27(31)20(3)4)17-23-16-29(15-21-8-6-10-24(28)12-21)18-26(23)22-9-7-11-25(13-22)32-5/h6-13,19-20,23,26H,14-18H2,1-5H3/t23-,26-/m1/s1. The van der Waals surface area contributed by atoms with Crippen LogP contribution in [0.5, 0.6) is 5.75 Å². The summed E-state index contributed by atoms with van der Waals surface area (Å²) in [6.07, 6.45) is 0. The lowest BCUT2D eigenvalue weighted by molar-refractivity contribution is -0.135. The largest absolute Gasteiger partial charge is 0.497 e. The van der Waals surface area contributed by atoms with E-state index in [0.29, 0.717) is 18.4 Å². The maximum absolute atomic E-state index is 13.7. The molecular weight excluding hydrogens is 403 g/mol. The van der Waals surface area contributed by atoms with Crippen molar-refractivity contribution in [3.05, 3.63) is 65.5 Å². The maximum Gasteiger partial charge on any atom is 0.225 e. The third kappa shape index (κ3) is 6.32. The minimum absolute atomic E-state index is 0.0196. The highest BCUT2D eigenvalue weighted by atomic mass is 19.1. The Hall–Kier alpha value is -2.40. The van der Waals surface area contributed by atoms with Gasteiger partial charge in [-0.15, -0.1) is 0 Å². The lowest BCUT2D eigenvalue weighted by Crippen LogP contribution is -2.41. The molecule has 1 heterocycles. The van der Waals surface area contributed by atoms with Crippen molar-refractivity contribution in [2.75, 3.05) is 33.3 Å². The van der Waals surface area contributed by atoms with Crippen molar-refractivity contribution in [2.24, 2.45) is 17.8 Å². The zero-order valence-corrected chi connectivity index (χ0v) is 20.1. The van der Waals surface area contributed by atoms with E-state index in [-0.39, 0.29) is 23.6 Å². The molecule has 3 rings (SSSR count). The van der Waals surface area contributed by atoms with Gasteiger partial charge < -0.3 is 9.64 Å². The van der Waals surface area contributed by atoms with Crippen LogP contribution in [0.2, 0.25) is 0 Å². The second-order valence-electron chi connectivity index (χ2n) is 9.76. The Balaban J connectivity index is 1.85. The van der Waals surface area contributed by atoms with E-state index >= 15 is 0 Å². The first kappa shape index (κ1) is 24.2. The van der Waals surface area contributed by atoms with Crippen LogP contribution >= 0.6 is 0 Å². The first-order valence-corrected chi connectivity index (χ1v) is 11.7. The topological polar surface area (TPSA) is 32.8 Å². The molecule has 1 aliphatic rings. The molecule has 1 amide bonds. The Labute approximate surface area is 192 Å². The summed E-state index contributed by atoms with van der Waals surface area (Å²) >= 11 is 0. The lowest BCUT2D eigenvalue weighted by atomic mass is 9.88. The molecule has 2 atom stereocenters. The van der Waals surface area contributed by atoms with Crippen molar-refractivity contribution in [2.45, 2.75) is 40.2 Å². The number of methoxy groups -OCH3 is 1. The van der Waals surface area contributed by atoms with E-state index in [0.717, 1.165) is 37.5 Å². The summed E-state index contributed by atoms with van der Waals surface area (Å²) in [6.45, 7) is 12.2. The Morgan fingerprint density at radius 2 is 1.88 bits per heavy atom. The van der Waals surface area contributed by atoms with Crippen LogP contribution < -0.4 is 4.74 Å². The summed E-state index contributed by atoms with van der Waals surface area (Å²) < 4.78 is 19.2. The summed E-state index contributed by atoms with van der Waals surface area (Å²) in [4.78, 5) is 17.4. The van der Waals surface area contributed by atoms with Crippen molar-refractivity contribution >= 4 is 5.91 Å². The highest BCUT2D eigenvalue weighted by molar-refractivity contribution is 5.78. The van der Waals surface area contributed by atoms with E-state index in [9.17, 15) is 9.18 Å². The zero-order chi connectivity index (χ0) is 23.3. The first-order valence-electron chi connectivity index (χ1n) is 11.7. The Bertz CT molecular complexity index is 899. The zero-order valence-electron chi connectivity index (χ0n) is 20.1. The fraction of sp³-hybridized carbons (Fsp3) is 0.519. The van der Waals surface area contributed by atoms with Crippen LogP contribution in [-0.4, -0.2) is 49.0 Å². The number of carbonyl (C=O) groups is 1. The molecule has 0 saturated carbocycles. The second kappa shape index (κ2) is 11.0. The molecule has 0 spiro atoms. The van der Waals surface area contributed by atoms with Gasteiger partial charge in [0.2, 0.25) is 5.91 Å². The number of hydrogen-bond donors (Lipinski definition) is 0. The summed E-state index contributed by atoms with van der Waals surface area (Å²) in [6, 6.07) is 15.1. The van der Waals surface area contributed by atoms with E-state index in [1.54, 1.807) is 19.2 Å². The molecule has 0 aliphatic carbocycles. The predicted molar refractivity (Wildman–Crippen MR) is 127 cm³/mol. The Morgan fingerprint density at radius 1 is 1.12 bits per heavy atom. The van der Waals surface area contributed by atoms with Gasteiger partial charge in [-0.05, 0) is 47.2 Å². The van der Waals surface area contributed by atoms with Crippen molar-refractivity contribution in [1.29, 1.82) is 0 Å². The van der Waals surface area contributed by atoms with Crippen LogP contribution in [0.25, 0.3) is 0 Å². The molecule has 174 valence electrons. The molecule has 4 nitrogen and oxygen atoms in total. The van der Waals surface area contributed by atoms with E-state index in [2.05, 4.69) is 35.8 Å². The minimum Gasteiger partial charge on any atom is -0.497 e. The van der Waals surface area contributed by atoms with Crippen molar-refractivity contribution < 1.29 is 13.9 Å². The van der Waals surface area contributed by atoms with Gasteiger partial charge in [0.25, 0.3) is 0 Å². The molecular formula is C27H37FN2O2. The number of ether oxygens (including phenoxy) is 1. The fourth-order valence-electron chi connectivity index (χ4n) is 4.76. The van der Waals surface area contributed by atoms with Crippen molar-refractivity contribution in [3.63, 3.8) is 0 Å². The van der Waals surface area contributed by atoms with E-state index in [1.165, 1.54) is 11.6 Å². The van der Waals surface area contributed by atoms with Gasteiger partial charge in [-0.1, -0.05) is 52.0 Å². The molecule has 1 fully saturated rings. The molecule has 32 heavy (non-hydrogen) atoms. The highest BCUT2D eigenvalue weighted by Crippen LogP contribution is 2.36. The summed E-state index contributed by atoms with van der Waals surface area (Å²) in [5.41, 5.74) is 2.21. The van der Waals surface area contributed by atoms with Crippen LogP contribution in [0.3, 0.4) is 0 Å². The van der Waals surface area contributed by atoms with Crippen LogP contribution in [0, 0.1) is 23.6 Å². The average Bonchev–Trinajstić information content (AvgIpc) is 3.14. The summed E-state index contributed by atoms with van der Waals surface area (Å²) in [5, 5.41) is 0. The third-order valence-electron chi connectivity index (χ3n) is 6.18. The number of amides is 1. The second-order valence-corrected chi connectivity index (χ2v) is 9.76. The number of halogens is 1. The molecule has 5 heteroatoms. The normalized spacial score (nSPS) is 19.0. The molecule has 0 radical (unpaired) electrons. The van der Waals surface area contributed by atoms with Crippen LogP contribution in [0.15, 0.2) is 48.5 Å². The summed E-state index contributed by atoms with van der Waals surface area (Å²) in [5.74, 6) is 1.85. The average molecular weight is 441 g/mol. The van der Waals surface area contributed by atoms with E-state index < -0.39 is 0 Å². The fourth-order valence-corrected chi connectivity index (χ4v) is 4.76. The van der Waals surface area contributed by atoms with Crippen molar-refractivity contribution in [3.8, 4) is 5.75 Å². The predicted octanol–water partition coefficient (Wildman–Crippen LogP) is 5.19.